The normalized spacial score (nSPS) is 21.0. The van der Waals surface area contributed by atoms with Gasteiger partial charge in [-0.15, -0.1) is 0 Å². The summed E-state index contributed by atoms with van der Waals surface area (Å²) in [7, 11) is -4.69. The van der Waals surface area contributed by atoms with Gasteiger partial charge in [0, 0.05) is 0 Å². The van der Waals surface area contributed by atoms with E-state index in [1.54, 1.807) is 0 Å². The number of ether oxygens (including phenoxy) is 1. The van der Waals surface area contributed by atoms with Crippen molar-refractivity contribution in [1.29, 1.82) is 0 Å². The van der Waals surface area contributed by atoms with Gasteiger partial charge in [0.05, 0.1) is 12.7 Å². The first-order valence-electron chi connectivity index (χ1n) is 10.4. The van der Waals surface area contributed by atoms with Crippen LogP contribution in [0.2, 0.25) is 0 Å². The number of esters is 1. The van der Waals surface area contributed by atoms with Gasteiger partial charge in [-0.25, -0.2) is 9.36 Å². The lowest BCUT2D eigenvalue weighted by Gasteiger charge is -2.19. The maximum absolute atomic E-state index is 12.3. The number of aliphatic hydroxyl groups is 3. The van der Waals surface area contributed by atoms with Crippen LogP contribution in [-0.4, -0.2) is 51.1 Å². The summed E-state index contributed by atoms with van der Waals surface area (Å²) in [6.45, 7) is 3.21. The second-order valence-corrected chi connectivity index (χ2v) is 8.58. The van der Waals surface area contributed by atoms with E-state index in [1.807, 2.05) is 6.92 Å². The average Bonchev–Trinajstić information content (AvgIpc) is 2.96. The Kier molecular flexibility index (Phi) is 11.8. The Balaban J connectivity index is 2.47. The van der Waals surface area contributed by atoms with Gasteiger partial charge in [0.2, 0.25) is 0 Å². The molecule has 4 atom stereocenters. The molecule has 10 heteroatoms. The molecule has 29 heavy (non-hydrogen) atoms. The number of unbranched alkanes of at least 4 members (excludes halogenated alkanes) is 7. The highest BCUT2D eigenvalue weighted by Gasteiger charge is 2.44. The number of carbonyl (C=O) groups excluding carboxylic acids is 1. The molecular formula is C19H35O9P. The van der Waals surface area contributed by atoms with E-state index in [0.717, 1.165) is 19.3 Å². The Bertz CT molecular complexity index is 578. The second-order valence-electron chi connectivity index (χ2n) is 7.25. The monoisotopic (exact) mass is 438 g/mol. The molecule has 0 radical (unpaired) electrons. The summed E-state index contributed by atoms with van der Waals surface area (Å²) in [5.41, 5.74) is 0. The highest BCUT2D eigenvalue weighted by molar-refractivity contribution is 7.47. The molecule has 0 spiro atoms. The molecule has 1 heterocycles. The van der Waals surface area contributed by atoms with Crippen molar-refractivity contribution in [2.75, 3.05) is 6.61 Å². The van der Waals surface area contributed by atoms with Crippen molar-refractivity contribution in [3.8, 4) is 0 Å². The van der Waals surface area contributed by atoms with Crippen molar-refractivity contribution in [3.05, 3.63) is 11.5 Å². The van der Waals surface area contributed by atoms with Gasteiger partial charge in [0.15, 0.2) is 11.9 Å². The van der Waals surface area contributed by atoms with E-state index >= 15 is 0 Å². The summed E-state index contributed by atoms with van der Waals surface area (Å²) in [4.78, 5) is 21.7. The van der Waals surface area contributed by atoms with Crippen LogP contribution in [0.15, 0.2) is 11.5 Å². The zero-order chi connectivity index (χ0) is 21.9. The Labute approximate surface area is 172 Å². The number of hydrogen-bond donors (Lipinski definition) is 4. The van der Waals surface area contributed by atoms with E-state index in [0.29, 0.717) is 12.8 Å². The van der Waals surface area contributed by atoms with Crippen molar-refractivity contribution in [1.82, 2.24) is 0 Å². The van der Waals surface area contributed by atoms with E-state index in [4.69, 9.17) is 14.2 Å². The van der Waals surface area contributed by atoms with Crippen molar-refractivity contribution in [2.45, 2.75) is 96.4 Å². The van der Waals surface area contributed by atoms with Gasteiger partial charge in [-0.3, -0.25) is 9.42 Å². The Morgan fingerprint density at radius 2 is 1.69 bits per heavy atom. The van der Waals surface area contributed by atoms with Crippen LogP contribution >= 0.6 is 7.82 Å². The number of phosphoric ester groups is 1. The Hall–Kier alpha value is -1.12. The lowest BCUT2D eigenvalue weighted by molar-refractivity contribution is -0.147. The summed E-state index contributed by atoms with van der Waals surface area (Å²) < 4.78 is 26.8. The number of hydrogen-bond acceptors (Lipinski definition) is 8. The zero-order valence-corrected chi connectivity index (χ0v) is 18.2. The molecule has 1 aliphatic rings. The van der Waals surface area contributed by atoms with Crippen molar-refractivity contribution < 1.29 is 43.4 Å². The van der Waals surface area contributed by atoms with Crippen molar-refractivity contribution in [2.24, 2.45) is 0 Å². The first kappa shape index (κ1) is 25.9. The van der Waals surface area contributed by atoms with E-state index < -0.39 is 50.2 Å². The topological polar surface area (TPSA) is 143 Å². The van der Waals surface area contributed by atoms with Crippen LogP contribution in [0.25, 0.3) is 0 Å². The minimum absolute atomic E-state index is 0.478. The standard InChI is InChI=1S/C19H35O9P/c1-3-5-6-7-8-9-10-11-12-14(4-2)27-29(24,25)28-18-16(22)17(15(21)13-20)26-19(18)23/h14-15,17,20-22H,3-13H2,1-2H3,(H,24,25)/t14?,15?,17-/m1/s1. The molecule has 3 unspecified atom stereocenters. The van der Waals surface area contributed by atoms with Crippen LogP contribution < -0.4 is 0 Å². The second kappa shape index (κ2) is 13.2. The molecule has 0 amide bonds. The summed E-state index contributed by atoms with van der Waals surface area (Å²) in [5, 5.41) is 28.3. The third-order valence-corrected chi connectivity index (χ3v) is 5.76. The smallest absolute Gasteiger partial charge is 0.505 e. The van der Waals surface area contributed by atoms with Gasteiger partial charge in [0.25, 0.3) is 5.76 Å². The van der Waals surface area contributed by atoms with Gasteiger partial charge < -0.3 is 24.6 Å². The van der Waals surface area contributed by atoms with E-state index in [1.165, 1.54) is 32.1 Å². The minimum Gasteiger partial charge on any atom is -0.505 e. The van der Waals surface area contributed by atoms with E-state index in [-0.39, 0.29) is 0 Å². The predicted octanol–water partition coefficient (Wildman–Crippen LogP) is 3.48. The number of rotatable bonds is 16. The molecule has 170 valence electrons. The van der Waals surface area contributed by atoms with Crippen LogP contribution in [0.4, 0.5) is 0 Å². The fourth-order valence-corrected chi connectivity index (χ4v) is 4.13. The van der Waals surface area contributed by atoms with Gasteiger partial charge >= 0.3 is 13.8 Å². The maximum atomic E-state index is 12.3. The summed E-state index contributed by atoms with van der Waals surface area (Å²) in [5.74, 6) is -2.96. The molecule has 0 fully saturated rings. The van der Waals surface area contributed by atoms with Crippen LogP contribution in [0.1, 0.15) is 78.1 Å². The lowest BCUT2D eigenvalue weighted by atomic mass is 10.0. The molecule has 4 N–H and O–H groups in total. The van der Waals surface area contributed by atoms with Crippen molar-refractivity contribution >= 4 is 13.8 Å². The van der Waals surface area contributed by atoms with Crippen LogP contribution in [-0.2, 0) is 23.1 Å². The molecule has 0 saturated heterocycles. The third-order valence-electron chi connectivity index (χ3n) is 4.78. The molecule has 1 aliphatic heterocycles. The SMILES string of the molecule is CCCCCCCCCCC(CC)OP(=O)(O)OC1=C(O)[C@@H](C(O)CO)OC1=O. The highest BCUT2D eigenvalue weighted by Crippen LogP contribution is 2.49. The molecule has 9 nitrogen and oxygen atoms in total. The van der Waals surface area contributed by atoms with Crippen molar-refractivity contribution in [3.63, 3.8) is 0 Å². The first-order valence-corrected chi connectivity index (χ1v) is 11.9. The van der Waals surface area contributed by atoms with Crippen LogP contribution in [0, 0.1) is 0 Å². The molecule has 0 aromatic rings. The van der Waals surface area contributed by atoms with Gasteiger partial charge in [-0.05, 0) is 12.8 Å². The van der Waals surface area contributed by atoms with E-state index in [2.05, 4.69) is 11.7 Å². The average molecular weight is 438 g/mol. The molecule has 0 bridgehead atoms. The third kappa shape index (κ3) is 9.05. The highest BCUT2D eigenvalue weighted by atomic mass is 31.2. The quantitative estimate of drug-likeness (QED) is 0.162. The molecule has 0 aromatic heterocycles. The minimum atomic E-state index is -4.69. The molecular weight excluding hydrogens is 403 g/mol. The van der Waals surface area contributed by atoms with E-state index in [9.17, 15) is 24.5 Å². The summed E-state index contributed by atoms with van der Waals surface area (Å²) >= 11 is 0. The summed E-state index contributed by atoms with van der Waals surface area (Å²) in [6, 6.07) is 0. The molecule has 0 aromatic carbocycles. The largest absolute Gasteiger partial charge is 0.528 e. The fraction of sp³-hybridized carbons (Fsp3) is 0.842. The molecule has 1 rings (SSSR count). The predicted molar refractivity (Wildman–Crippen MR) is 106 cm³/mol. The number of aliphatic hydroxyl groups excluding tert-OH is 3. The van der Waals surface area contributed by atoms with Gasteiger partial charge in [-0.2, -0.15) is 0 Å². The lowest BCUT2D eigenvalue weighted by Crippen LogP contribution is -2.31. The molecule has 0 aliphatic carbocycles. The van der Waals surface area contributed by atoms with Gasteiger partial charge in [0.1, 0.15) is 6.10 Å². The van der Waals surface area contributed by atoms with Crippen LogP contribution in [0.3, 0.4) is 0 Å². The Morgan fingerprint density at radius 3 is 2.24 bits per heavy atom. The number of cyclic esters (lactones) is 1. The molecule has 0 saturated carbocycles. The fourth-order valence-electron chi connectivity index (χ4n) is 3.06. The van der Waals surface area contributed by atoms with Gasteiger partial charge in [-0.1, -0.05) is 65.2 Å². The summed E-state index contributed by atoms with van der Waals surface area (Å²) in [6.07, 6.45) is 6.46. The first-order chi connectivity index (χ1) is 13.8. The number of phosphoric acid groups is 1. The maximum Gasteiger partial charge on any atom is 0.528 e. The van der Waals surface area contributed by atoms with Crippen LogP contribution in [0.5, 0.6) is 0 Å². The Morgan fingerprint density at radius 1 is 1.10 bits per heavy atom. The number of carbonyl (C=O) groups is 1. The zero-order valence-electron chi connectivity index (χ0n) is 17.3.